The first-order valence-corrected chi connectivity index (χ1v) is 3.96. The van der Waals surface area contributed by atoms with E-state index >= 15 is 0 Å². The number of halogens is 2. The Kier molecular flexibility index (Phi) is 2.97. The van der Waals surface area contributed by atoms with E-state index < -0.39 is 12.1 Å². The zero-order chi connectivity index (χ0) is 10.7. The van der Waals surface area contributed by atoms with Gasteiger partial charge in [-0.25, -0.2) is 8.78 Å². The molecule has 0 amide bonds. The van der Waals surface area contributed by atoms with Crippen LogP contribution in [0.5, 0.6) is 0 Å². The lowest BCUT2D eigenvalue weighted by Gasteiger charge is -2.09. The van der Waals surface area contributed by atoms with E-state index in [1.807, 2.05) is 6.07 Å². The number of aromatic nitrogens is 1. The molecule has 0 saturated carbocycles. The van der Waals surface area contributed by atoms with E-state index in [1.165, 1.54) is 6.20 Å². The first kappa shape index (κ1) is 10.4. The molecule has 1 aromatic heterocycles. The van der Waals surface area contributed by atoms with Gasteiger partial charge in [0, 0.05) is 6.20 Å². The summed E-state index contributed by atoms with van der Waals surface area (Å²) in [6, 6.07) is 1.88. The summed E-state index contributed by atoms with van der Waals surface area (Å²) in [7, 11) is 0. The molecule has 0 unspecified atom stereocenters. The number of rotatable bonds is 2. The zero-order valence-corrected chi connectivity index (χ0v) is 7.59. The second-order valence-electron chi connectivity index (χ2n) is 2.85. The Morgan fingerprint density at radius 3 is 2.79 bits per heavy atom. The van der Waals surface area contributed by atoms with Crippen LogP contribution < -0.4 is 5.73 Å². The molecule has 0 atom stereocenters. The van der Waals surface area contributed by atoms with Gasteiger partial charge in [-0.05, 0) is 18.1 Å². The lowest BCUT2D eigenvalue weighted by atomic mass is 10.1. The summed E-state index contributed by atoms with van der Waals surface area (Å²) in [6.07, 6.45) is -1.36. The van der Waals surface area contributed by atoms with Gasteiger partial charge in [0.25, 0.3) is 6.43 Å². The summed E-state index contributed by atoms with van der Waals surface area (Å²) in [5.41, 5.74) is 6.07. The van der Waals surface area contributed by atoms with Gasteiger partial charge in [-0.2, -0.15) is 5.26 Å². The summed E-state index contributed by atoms with van der Waals surface area (Å²) < 4.78 is 24.7. The topological polar surface area (TPSA) is 62.7 Å². The fraction of sp³-hybridized carbons (Fsp3) is 0.333. The summed E-state index contributed by atoms with van der Waals surface area (Å²) in [6.45, 7) is 1.69. The molecule has 1 heterocycles. The molecule has 2 N–H and O–H groups in total. The van der Waals surface area contributed by atoms with E-state index in [0.29, 0.717) is 11.1 Å². The number of alkyl halides is 2. The SMILES string of the molecule is Cc1cnc(C(F)F)c(N)c1CC#N. The lowest BCUT2D eigenvalue weighted by Crippen LogP contribution is -2.05. The highest BCUT2D eigenvalue weighted by Crippen LogP contribution is 2.27. The Labute approximate surface area is 80.2 Å². The number of hydrogen-bond acceptors (Lipinski definition) is 3. The molecular weight excluding hydrogens is 188 g/mol. The number of hydrogen-bond donors (Lipinski definition) is 1. The van der Waals surface area contributed by atoms with Crippen molar-refractivity contribution in [3.8, 4) is 6.07 Å². The number of nitriles is 1. The van der Waals surface area contributed by atoms with Crippen LogP contribution >= 0.6 is 0 Å². The van der Waals surface area contributed by atoms with Crippen molar-refractivity contribution in [2.75, 3.05) is 5.73 Å². The molecule has 0 radical (unpaired) electrons. The average molecular weight is 197 g/mol. The fourth-order valence-electron chi connectivity index (χ4n) is 1.17. The van der Waals surface area contributed by atoms with Crippen LogP contribution in [-0.4, -0.2) is 4.98 Å². The maximum absolute atomic E-state index is 12.4. The van der Waals surface area contributed by atoms with Gasteiger partial charge in [-0.15, -0.1) is 0 Å². The molecule has 1 rings (SSSR count). The Morgan fingerprint density at radius 2 is 2.29 bits per heavy atom. The predicted molar refractivity (Wildman–Crippen MR) is 47.7 cm³/mol. The Bertz CT molecular complexity index is 382. The van der Waals surface area contributed by atoms with E-state index in [-0.39, 0.29) is 12.1 Å². The molecule has 0 saturated heterocycles. The molecule has 0 fully saturated rings. The molecule has 0 aromatic carbocycles. The van der Waals surface area contributed by atoms with E-state index in [9.17, 15) is 8.78 Å². The molecule has 3 nitrogen and oxygen atoms in total. The Hall–Kier alpha value is -1.70. The van der Waals surface area contributed by atoms with Crippen LogP contribution in [0.25, 0.3) is 0 Å². The third-order valence-corrected chi connectivity index (χ3v) is 1.94. The molecule has 0 bridgehead atoms. The number of nitrogens with zero attached hydrogens (tertiary/aromatic N) is 2. The van der Waals surface area contributed by atoms with E-state index in [2.05, 4.69) is 4.98 Å². The number of aryl methyl sites for hydroxylation is 1. The van der Waals surface area contributed by atoms with Gasteiger partial charge in [0.2, 0.25) is 0 Å². The molecular formula is C9H9F2N3. The van der Waals surface area contributed by atoms with Crippen molar-refractivity contribution in [3.63, 3.8) is 0 Å². The van der Waals surface area contributed by atoms with Crippen molar-refractivity contribution >= 4 is 5.69 Å². The van der Waals surface area contributed by atoms with Crippen molar-refractivity contribution in [3.05, 3.63) is 23.0 Å². The van der Waals surface area contributed by atoms with Crippen LogP contribution in [0.4, 0.5) is 14.5 Å². The lowest BCUT2D eigenvalue weighted by molar-refractivity contribution is 0.147. The van der Waals surface area contributed by atoms with Crippen LogP contribution in [-0.2, 0) is 6.42 Å². The Balaban J connectivity index is 3.27. The van der Waals surface area contributed by atoms with Crippen molar-refractivity contribution in [2.45, 2.75) is 19.8 Å². The second kappa shape index (κ2) is 4.01. The van der Waals surface area contributed by atoms with Crippen LogP contribution in [0.3, 0.4) is 0 Å². The van der Waals surface area contributed by atoms with Gasteiger partial charge in [0.1, 0.15) is 5.69 Å². The summed E-state index contributed by atoms with van der Waals surface area (Å²) in [4.78, 5) is 3.54. The molecule has 0 aliphatic rings. The number of anilines is 1. The number of pyridine rings is 1. The summed E-state index contributed by atoms with van der Waals surface area (Å²) >= 11 is 0. The Morgan fingerprint density at radius 1 is 1.64 bits per heavy atom. The number of nitrogen functional groups attached to an aromatic ring is 1. The highest BCUT2D eigenvalue weighted by atomic mass is 19.3. The van der Waals surface area contributed by atoms with Crippen molar-refractivity contribution < 1.29 is 8.78 Å². The van der Waals surface area contributed by atoms with Crippen LogP contribution in [0.2, 0.25) is 0 Å². The highest BCUT2D eigenvalue weighted by molar-refractivity contribution is 5.55. The van der Waals surface area contributed by atoms with Crippen LogP contribution in [0.15, 0.2) is 6.20 Å². The molecule has 74 valence electrons. The average Bonchev–Trinajstić information content (AvgIpc) is 2.11. The smallest absolute Gasteiger partial charge is 0.282 e. The van der Waals surface area contributed by atoms with Gasteiger partial charge < -0.3 is 5.73 Å². The van der Waals surface area contributed by atoms with Crippen molar-refractivity contribution in [2.24, 2.45) is 0 Å². The summed E-state index contributed by atoms with van der Waals surface area (Å²) in [5.74, 6) is 0. The van der Waals surface area contributed by atoms with Gasteiger partial charge >= 0.3 is 0 Å². The first-order valence-electron chi connectivity index (χ1n) is 3.96. The third-order valence-electron chi connectivity index (χ3n) is 1.94. The predicted octanol–water partition coefficient (Wildman–Crippen LogP) is 1.98. The minimum atomic E-state index is -2.70. The molecule has 14 heavy (non-hydrogen) atoms. The monoisotopic (exact) mass is 197 g/mol. The zero-order valence-electron chi connectivity index (χ0n) is 7.59. The van der Waals surface area contributed by atoms with E-state index in [0.717, 1.165) is 0 Å². The highest BCUT2D eigenvalue weighted by Gasteiger charge is 2.16. The molecule has 5 heteroatoms. The van der Waals surface area contributed by atoms with Gasteiger partial charge in [-0.3, -0.25) is 4.98 Å². The van der Waals surface area contributed by atoms with Crippen molar-refractivity contribution in [1.82, 2.24) is 4.98 Å². The van der Waals surface area contributed by atoms with Crippen LogP contribution in [0, 0.1) is 18.3 Å². The number of nitrogens with two attached hydrogens (primary N) is 1. The largest absolute Gasteiger partial charge is 0.397 e. The second-order valence-corrected chi connectivity index (χ2v) is 2.85. The minimum Gasteiger partial charge on any atom is -0.397 e. The fourth-order valence-corrected chi connectivity index (χ4v) is 1.17. The summed E-state index contributed by atoms with van der Waals surface area (Å²) in [5, 5.41) is 8.48. The van der Waals surface area contributed by atoms with Crippen molar-refractivity contribution in [1.29, 1.82) is 5.26 Å². The standard InChI is InChI=1S/C9H9F2N3/c1-5-4-14-8(9(10)11)7(13)6(5)2-3-12/h4,9H,2,13H2,1H3. The van der Waals surface area contributed by atoms with E-state index in [1.54, 1.807) is 6.92 Å². The maximum Gasteiger partial charge on any atom is 0.282 e. The van der Waals surface area contributed by atoms with Gasteiger partial charge in [-0.1, -0.05) is 0 Å². The minimum absolute atomic E-state index is 0.0277. The van der Waals surface area contributed by atoms with Gasteiger partial charge in [0.05, 0.1) is 18.2 Å². The van der Waals surface area contributed by atoms with E-state index in [4.69, 9.17) is 11.0 Å². The van der Waals surface area contributed by atoms with Gasteiger partial charge in [0.15, 0.2) is 0 Å². The third kappa shape index (κ3) is 1.79. The quantitative estimate of drug-likeness (QED) is 0.788. The molecule has 0 spiro atoms. The molecule has 1 aromatic rings. The molecule has 0 aliphatic heterocycles. The molecule has 0 aliphatic carbocycles. The maximum atomic E-state index is 12.4. The van der Waals surface area contributed by atoms with Crippen LogP contribution in [0.1, 0.15) is 23.2 Å². The normalized spacial score (nSPS) is 10.2. The first-order chi connectivity index (χ1) is 6.57.